The largest absolute Gasteiger partial charge is 0.365 e. The first-order valence-corrected chi connectivity index (χ1v) is 15.0. The summed E-state index contributed by atoms with van der Waals surface area (Å²) >= 11 is 0. The van der Waals surface area contributed by atoms with E-state index >= 15 is 0 Å². The first-order chi connectivity index (χ1) is 19.3. The molecule has 3 aliphatic heterocycles. The van der Waals surface area contributed by atoms with E-state index < -0.39 is 10.0 Å². The number of sulfonamides is 1. The molecule has 3 aromatic rings. The quantitative estimate of drug-likeness (QED) is 0.428. The van der Waals surface area contributed by atoms with Gasteiger partial charge < -0.3 is 20.0 Å². The monoisotopic (exact) mass is 569 g/mol. The van der Waals surface area contributed by atoms with Gasteiger partial charge in [-0.25, -0.2) is 18.2 Å². The Kier molecular flexibility index (Phi) is 7.92. The Morgan fingerprint density at radius 2 is 1.85 bits per heavy atom. The number of nitrogens with one attached hydrogen (secondary N) is 1. The van der Waals surface area contributed by atoms with Crippen LogP contribution in [0, 0.1) is 11.8 Å². The molecule has 1 N–H and O–H groups in total. The smallest absolute Gasteiger partial charge is 0.247 e. The molecule has 6 heterocycles. The molecular formula is C25H35N11O3S. The van der Waals surface area contributed by atoms with Crippen LogP contribution >= 0.6 is 0 Å². The normalized spacial score (nSPS) is 21.8. The number of piperazine rings is 2. The number of fused-ring (bicyclic) bond motifs is 3. The van der Waals surface area contributed by atoms with Crippen LogP contribution in [0.15, 0.2) is 30.7 Å². The molecule has 2 bridgehead atoms. The highest BCUT2D eigenvalue weighted by atomic mass is 32.2. The molecule has 0 radical (unpaired) electrons. The molecule has 15 heteroatoms. The van der Waals surface area contributed by atoms with Gasteiger partial charge in [-0.2, -0.15) is 14.4 Å². The minimum atomic E-state index is -3.22. The highest BCUT2D eigenvalue weighted by Gasteiger charge is 2.45. The van der Waals surface area contributed by atoms with Crippen molar-refractivity contribution in [3.8, 4) is 6.57 Å². The number of carbonyl (C=O) groups is 1. The van der Waals surface area contributed by atoms with E-state index in [2.05, 4.69) is 38.9 Å². The van der Waals surface area contributed by atoms with E-state index in [0.717, 1.165) is 44.7 Å². The number of amides is 1. The second-order valence-corrected chi connectivity index (χ2v) is 12.5. The molecular weight excluding hydrogens is 534 g/mol. The van der Waals surface area contributed by atoms with Gasteiger partial charge in [0, 0.05) is 70.3 Å². The average Bonchev–Trinajstić information content (AvgIpc) is 3.65. The third kappa shape index (κ3) is 5.47. The molecule has 1 amide bonds. The Hall–Kier alpha value is -3.74. The predicted molar refractivity (Wildman–Crippen MR) is 150 cm³/mol. The maximum atomic E-state index is 12.6. The van der Waals surface area contributed by atoms with Crippen molar-refractivity contribution in [2.45, 2.75) is 38.4 Å². The standard InChI is InChI=1S/C24H34N10O3S.CHN/c1-3-38(36,37)34-19-6-7-20(34)16-31(15-19)21-5-4-8-33-23(21)27-24(28-33)26-18-13-25-32(14-18)17-22(35)30-11-9-29(2)10-12-30;1-2/h4-5,8,13-14,19-20H,3,6-7,9-12,15-17H2,1-2H3,(H,26,28);1H. The van der Waals surface area contributed by atoms with Crippen LogP contribution < -0.4 is 10.2 Å². The van der Waals surface area contributed by atoms with E-state index in [0.29, 0.717) is 30.4 Å². The van der Waals surface area contributed by atoms with Gasteiger partial charge in [0.1, 0.15) is 6.54 Å². The predicted octanol–water partition coefficient (Wildman–Crippen LogP) is 0.586. The van der Waals surface area contributed by atoms with Crippen molar-refractivity contribution in [2.75, 3.05) is 62.3 Å². The number of carbonyl (C=O) groups excluding carboxylic acids is 1. The molecule has 14 nitrogen and oxygen atoms in total. The maximum absolute atomic E-state index is 12.6. The highest BCUT2D eigenvalue weighted by molar-refractivity contribution is 7.89. The van der Waals surface area contributed by atoms with Crippen LogP contribution in [0.4, 0.5) is 17.3 Å². The second-order valence-electron chi connectivity index (χ2n) is 10.4. The molecule has 40 heavy (non-hydrogen) atoms. The third-order valence-corrected chi connectivity index (χ3v) is 9.79. The van der Waals surface area contributed by atoms with Crippen LogP contribution in [0.25, 0.3) is 5.65 Å². The molecule has 2 atom stereocenters. The first-order valence-electron chi connectivity index (χ1n) is 13.4. The zero-order chi connectivity index (χ0) is 28.4. The lowest BCUT2D eigenvalue weighted by Crippen LogP contribution is -2.56. The van der Waals surface area contributed by atoms with E-state index in [1.807, 2.05) is 23.2 Å². The number of hydrogen-bond acceptors (Lipinski definition) is 10. The summed E-state index contributed by atoms with van der Waals surface area (Å²) in [6, 6.07) is 3.91. The number of nitrogens with zero attached hydrogens (tertiary/aromatic N) is 10. The van der Waals surface area contributed by atoms with Gasteiger partial charge in [-0.3, -0.25) is 9.48 Å². The van der Waals surface area contributed by atoms with Gasteiger partial charge in [-0.05, 0) is 38.9 Å². The summed E-state index contributed by atoms with van der Waals surface area (Å²) in [5.74, 6) is 0.622. The number of anilines is 3. The number of rotatable bonds is 7. The van der Waals surface area contributed by atoms with Crippen molar-refractivity contribution >= 4 is 38.9 Å². The van der Waals surface area contributed by atoms with Crippen molar-refractivity contribution in [3.63, 3.8) is 0 Å². The number of hydrogen-bond donors (Lipinski definition) is 1. The molecule has 6 rings (SSSR count). The molecule has 0 aromatic carbocycles. The minimum Gasteiger partial charge on any atom is -0.365 e. The fourth-order valence-corrected chi connectivity index (χ4v) is 7.35. The summed E-state index contributed by atoms with van der Waals surface area (Å²) < 4.78 is 30.4. The summed E-state index contributed by atoms with van der Waals surface area (Å²) in [7, 11) is -1.16. The van der Waals surface area contributed by atoms with Crippen LogP contribution in [0.5, 0.6) is 0 Å². The molecule has 3 aliphatic rings. The van der Waals surface area contributed by atoms with E-state index in [-0.39, 0.29) is 30.3 Å². The molecule has 214 valence electrons. The van der Waals surface area contributed by atoms with Crippen LogP contribution in [0.2, 0.25) is 0 Å². The van der Waals surface area contributed by atoms with Crippen molar-refractivity contribution in [1.82, 2.24) is 38.5 Å². The van der Waals surface area contributed by atoms with Crippen LogP contribution in [0.3, 0.4) is 0 Å². The van der Waals surface area contributed by atoms with Crippen LogP contribution in [-0.2, 0) is 21.4 Å². The van der Waals surface area contributed by atoms with E-state index in [9.17, 15) is 13.2 Å². The third-order valence-electron chi connectivity index (χ3n) is 7.83. The molecule has 3 aromatic heterocycles. The van der Waals surface area contributed by atoms with Crippen molar-refractivity contribution in [3.05, 3.63) is 30.7 Å². The van der Waals surface area contributed by atoms with Crippen molar-refractivity contribution < 1.29 is 13.2 Å². The van der Waals surface area contributed by atoms with E-state index in [4.69, 9.17) is 10.2 Å². The fourth-order valence-electron chi connectivity index (χ4n) is 5.79. The zero-order valence-electron chi connectivity index (χ0n) is 22.8. The van der Waals surface area contributed by atoms with Gasteiger partial charge >= 0.3 is 0 Å². The van der Waals surface area contributed by atoms with E-state index in [1.165, 1.54) is 0 Å². The molecule has 2 unspecified atom stereocenters. The van der Waals surface area contributed by atoms with Crippen LogP contribution in [0.1, 0.15) is 19.8 Å². The highest BCUT2D eigenvalue weighted by Crippen LogP contribution is 2.36. The summed E-state index contributed by atoms with van der Waals surface area (Å²) in [5.41, 5.74) is 2.34. The molecule has 3 saturated heterocycles. The SMILES string of the molecule is C#N.CCS(=O)(=O)N1C2CCC1CN(c1cccn3nc(Nc4cnn(CC(=O)N5CCN(C)CC5)c4)nc13)C2. The second kappa shape index (κ2) is 11.4. The molecule has 0 aliphatic carbocycles. The van der Waals surface area contributed by atoms with Crippen molar-refractivity contribution in [2.24, 2.45) is 0 Å². The number of aromatic nitrogens is 5. The van der Waals surface area contributed by atoms with Gasteiger partial charge in [-0.15, -0.1) is 5.10 Å². The summed E-state index contributed by atoms with van der Waals surface area (Å²) in [5, 5.41) is 18.6. The molecule has 0 spiro atoms. The lowest BCUT2D eigenvalue weighted by atomic mass is 10.2. The van der Waals surface area contributed by atoms with Gasteiger partial charge in [0.05, 0.1) is 23.3 Å². The number of nitriles is 1. The van der Waals surface area contributed by atoms with Crippen molar-refractivity contribution in [1.29, 1.82) is 5.26 Å². The summed E-state index contributed by atoms with van der Waals surface area (Å²) in [6.45, 7) is 9.92. The fraction of sp³-hybridized carbons (Fsp3) is 0.560. The number of likely N-dealkylation sites (N-methyl/N-ethyl adjacent to an activating group) is 1. The first kappa shape index (κ1) is 27.8. The summed E-state index contributed by atoms with van der Waals surface area (Å²) in [4.78, 5) is 23.7. The molecule has 0 saturated carbocycles. The minimum absolute atomic E-state index is 0.0149. The lowest BCUT2D eigenvalue weighted by Gasteiger charge is -2.41. The van der Waals surface area contributed by atoms with E-state index in [1.54, 1.807) is 32.8 Å². The Labute approximate surface area is 233 Å². The maximum Gasteiger partial charge on any atom is 0.247 e. The molecule has 3 fully saturated rings. The Morgan fingerprint density at radius 3 is 2.52 bits per heavy atom. The lowest BCUT2D eigenvalue weighted by molar-refractivity contribution is -0.133. The van der Waals surface area contributed by atoms with Crippen LogP contribution in [-0.4, -0.2) is 117 Å². The van der Waals surface area contributed by atoms with Gasteiger partial charge in [0.2, 0.25) is 21.9 Å². The zero-order valence-corrected chi connectivity index (χ0v) is 23.6. The topological polar surface area (TPSA) is 148 Å². The Bertz CT molecular complexity index is 1460. The Morgan fingerprint density at radius 1 is 1.15 bits per heavy atom. The van der Waals surface area contributed by atoms with Gasteiger partial charge in [0.25, 0.3) is 0 Å². The number of pyridine rings is 1. The summed E-state index contributed by atoms with van der Waals surface area (Å²) in [6.07, 6.45) is 7.05. The Balaban J connectivity index is 0.00000158. The van der Waals surface area contributed by atoms with Gasteiger partial charge in [0.15, 0.2) is 5.65 Å². The van der Waals surface area contributed by atoms with Gasteiger partial charge in [-0.1, -0.05) is 0 Å². The average molecular weight is 570 g/mol.